The first-order chi connectivity index (χ1) is 29.3. The third kappa shape index (κ3) is 7.23. The second-order valence-electron chi connectivity index (χ2n) is 14.9. The highest BCUT2D eigenvalue weighted by atomic mass is 15.1. The molecule has 1 heteroatoms. The van der Waals surface area contributed by atoms with E-state index in [-0.39, 0.29) is 0 Å². The van der Waals surface area contributed by atoms with Crippen molar-refractivity contribution in [3.8, 4) is 66.8 Å². The minimum Gasteiger partial charge on any atom is -0.310 e. The van der Waals surface area contributed by atoms with Gasteiger partial charge in [-0.3, -0.25) is 0 Å². The maximum Gasteiger partial charge on any atom is 0.0540 e. The average molecular weight is 752 g/mol. The molecule has 278 valence electrons. The number of para-hydroxylation sites is 1. The molecular formula is C58H41N. The Hall–Kier alpha value is -7.74. The molecule has 0 heterocycles. The number of nitrogens with zero attached hydrogens (tertiary/aromatic N) is 1. The fourth-order valence-electron chi connectivity index (χ4n) is 8.35. The molecule has 0 spiro atoms. The highest BCUT2D eigenvalue weighted by Crippen LogP contribution is 2.45. The van der Waals surface area contributed by atoms with E-state index in [1.807, 2.05) is 0 Å². The van der Waals surface area contributed by atoms with Crippen LogP contribution in [0.1, 0.15) is 0 Å². The summed E-state index contributed by atoms with van der Waals surface area (Å²) in [4.78, 5) is 2.41. The standard InChI is InChI=1S/C58H41N/c1-3-16-42(17-4-1)48-22-15-23-49(40-48)44-32-36-51(37-33-44)59(52-38-34-45(35-39-52)50-31-30-43-18-7-8-21-47(43)41-50)58-29-14-13-28-57(58)56-27-12-11-26-55(56)54-25-10-9-24-53(54)46-19-5-2-6-20-46/h1-41H. The molecule has 0 amide bonds. The van der Waals surface area contributed by atoms with Crippen LogP contribution in [-0.4, -0.2) is 0 Å². The molecule has 0 radical (unpaired) electrons. The van der Waals surface area contributed by atoms with Gasteiger partial charge in [0.1, 0.15) is 0 Å². The maximum atomic E-state index is 2.41. The van der Waals surface area contributed by atoms with Crippen molar-refractivity contribution in [3.05, 3.63) is 249 Å². The van der Waals surface area contributed by atoms with Crippen LogP contribution in [-0.2, 0) is 0 Å². The highest BCUT2D eigenvalue weighted by molar-refractivity contribution is 5.97. The molecule has 10 rings (SSSR count). The van der Waals surface area contributed by atoms with Gasteiger partial charge in [-0.1, -0.05) is 206 Å². The first-order valence-corrected chi connectivity index (χ1v) is 20.3. The molecule has 0 aromatic heterocycles. The van der Waals surface area contributed by atoms with Gasteiger partial charge in [0.15, 0.2) is 0 Å². The molecule has 0 aliphatic carbocycles. The second kappa shape index (κ2) is 16.0. The number of anilines is 3. The van der Waals surface area contributed by atoms with Gasteiger partial charge in [0.25, 0.3) is 0 Å². The van der Waals surface area contributed by atoms with Crippen LogP contribution in [0.15, 0.2) is 249 Å². The SMILES string of the molecule is c1ccc(-c2cccc(-c3ccc(N(c4ccc(-c5ccc6ccccc6c5)cc4)c4ccccc4-c4ccccc4-c4ccccc4-c4ccccc4)cc3)c2)cc1. The molecule has 10 aromatic rings. The lowest BCUT2D eigenvalue weighted by Crippen LogP contribution is -2.11. The van der Waals surface area contributed by atoms with Gasteiger partial charge >= 0.3 is 0 Å². The lowest BCUT2D eigenvalue weighted by atomic mass is 9.88. The Bertz CT molecular complexity index is 3020. The largest absolute Gasteiger partial charge is 0.310 e. The molecule has 0 aliphatic rings. The van der Waals surface area contributed by atoms with Crippen molar-refractivity contribution in [2.24, 2.45) is 0 Å². The minimum atomic E-state index is 1.08. The topological polar surface area (TPSA) is 3.24 Å². The molecule has 0 atom stereocenters. The number of hydrogen-bond acceptors (Lipinski definition) is 1. The number of fused-ring (bicyclic) bond motifs is 1. The zero-order valence-electron chi connectivity index (χ0n) is 32.6. The van der Waals surface area contributed by atoms with Crippen LogP contribution >= 0.6 is 0 Å². The Morgan fingerprint density at radius 3 is 1.20 bits per heavy atom. The fourth-order valence-corrected chi connectivity index (χ4v) is 8.35. The Morgan fingerprint density at radius 1 is 0.203 bits per heavy atom. The molecule has 0 saturated carbocycles. The first kappa shape index (κ1) is 35.7. The van der Waals surface area contributed by atoms with Crippen molar-refractivity contribution < 1.29 is 0 Å². The maximum absolute atomic E-state index is 2.41. The quantitative estimate of drug-likeness (QED) is 0.142. The predicted octanol–water partition coefficient (Wildman–Crippen LogP) is 16.3. The summed E-state index contributed by atoms with van der Waals surface area (Å²) in [5.41, 5.74) is 17.6. The molecule has 0 bridgehead atoms. The van der Waals surface area contributed by atoms with Crippen LogP contribution in [0.2, 0.25) is 0 Å². The van der Waals surface area contributed by atoms with Crippen molar-refractivity contribution in [2.75, 3.05) is 4.90 Å². The first-order valence-electron chi connectivity index (χ1n) is 20.3. The van der Waals surface area contributed by atoms with Gasteiger partial charge in [-0.25, -0.2) is 0 Å². The van der Waals surface area contributed by atoms with Crippen LogP contribution in [0.25, 0.3) is 77.5 Å². The summed E-state index contributed by atoms with van der Waals surface area (Å²) in [7, 11) is 0. The smallest absolute Gasteiger partial charge is 0.0540 e. The number of hydrogen-bond donors (Lipinski definition) is 0. The van der Waals surface area contributed by atoms with E-state index in [4.69, 9.17) is 0 Å². The zero-order valence-corrected chi connectivity index (χ0v) is 32.6. The van der Waals surface area contributed by atoms with Crippen molar-refractivity contribution in [1.82, 2.24) is 0 Å². The Morgan fingerprint density at radius 2 is 0.593 bits per heavy atom. The summed E-state index contributed by atoms with van der Waals surface area (Å²) < 4.78 is 0. The molecule has 59 heavy (non-hydrogen) atoms. The van der Waals surface area contributed by atoms with E-state index in [0.717, 1.165) is 22.6 Å². The van der Waals surface area contributed by atoms with Crippen LogP contribution in [0.3, 0.4) is 0 Å². The van der Waals surface area contributed by atoms with E-state index in [1.54, 1.807) is 0 Å². The molecular weight excluding hydrogens is 711 g/mol. The summed E-state index contributed by atoms with van der Waals surface area (Å²) in [5, 5.41) is 2.49. The van der Waals surface area contributed by atoms with Crippen molar-refractivity contribution in [2.45, 2.75) is 0 Å². The van der Waals surface area contributed by atoms with E-state index in [1.165, 1.54) is 72.0 Å². The minimum absolute atomic E-state index is 1.08. The highest BCUT2D eigenvalue weighted by Gasteiger charge is 2.20. The van der Waals surface area contributed by atoms with Gasteiger partial charge in [0.05, 0.1) is 5.69 Å². The van der Waals surface area contributed by atoms with Crippen molar-refractivity contribution >= 4 is 27.8 Å². The molecule has 0 N–H and O–H groups in total. The van der Waals surface area contributed by atoms with Crippen LogP contribution < -0.4 is 4.90 Å². The molecule has 0 unspecified atom stereocenters. The average Bonchev–Trinajstić information content (AvgIpc) is 3.33. The monoisotopic (exact) mass is 751 g/mol. The Labute approximate surface area is 346 Å². The molecule has 0 aliphatic heterocycles. The van der Waals surface area contributed by atoms with Gasteiger partial charge in [-0.05, 0) is 114 Å². The van der Waals surface area contributed by atoms with Gasteiger partial charge in [0, 0.05) is 16.9 Å². The van der Waals surface area contributed by atoms with Gasteiger partial charge < -0.3 is 4.90 Å². The van der Waals surface area contributed by atoms with Crippen molar-refractivity contribution in [3.63, 3.8) is 0 Å². The lowest BCUT2D eigenvalue weighted by Gasteiger charge is -2.29. The van der Waals surface area contributed by atoms with E-state index in [0.29, 0.717) is 0 Å². The van der Waals surface area contributed by atoms with Crippen LogP contribution in [0.4, 0.5) is 17.1 Å². The summed E-state index contributed by atoms with van der Waals surface area (Å²) in [6, 6.07) is 89.8. The predicted molar refractivity (Wildman–Crippen MR) is 251 cm³/mol. The van der Waals surface area contributed by atoms with Crippen LogP contribution in [0.5, 0.6) is 0 Å². The third-order valence-corrected chi connectivity index (χ3v) is 11.3. The number of benzene rings is 10. The summed E-state index contributed by atoms with van der Waals surface area (Å²) in [6.45, 7) is 0. The van der Waals surface area contributed by atoms with Gasteiger partial charge in [-0.2, -0.15) is 0 Å². The lowest BCUT2D eigenvalue weighted by molar-refractivity contribution is 1.28. The third-order valence-electron chi connectivity index (χ3n) is 11.3. The van der Waals surface area contributed by atoms with Gasteiger partial charge in [0.2, 0.25) is 0 Å². The second-order valence-corrected chi connectivity index (χ2v) is 14.9. The Kier molecular flexibility index (Phi) is 9.68. The Balaban J connectivity index is 1.10. The van der Waals surface area contributed by atoms with E-state index < -0.39 is 0 Å². The summed E-state index contributed by atoms with van der Waals surface area (Å²) >= 11 is 0. The number of rotatable bonds is 9. The van der Waals surface area contributed by atoms with Crippen molar-refractivity contribution in [1.29, 1.82) is 0 Å². The summed E-state index contributed by atoms with van der Waals surface area (Å²) in [6.07, 6.45) is 0. The van der Waals surface area contributed by atoms with Crippen LogP contribution in [0, 0.1) is 0 Å². The molecule has 10 aromatic carbocycles. The normalized spacial score (nSPS) is 11.1. The molecule has 0 fully saturated rings. The van der Waals surface area contributed by atoms with E-state index in [9.17, 15) is 0 Å². The zero-order chi connectivity index (χ0) is 39.4. The van der Waals surface area contributed by atoms with E-state index >= 15 is 0 Å². The van der Waals surface area contributed by atoms with E-state index in [2.05, 4.69) is 254 Å². The molecule has 1 nitrogen and oxygen atoms in total. The van der Waals surface area contributed by atoms with Gasteiger partial charge in [-0.15, -0.1) is 0 Å². The fraction of sp³-hybridized carbons (Fsp3) is 0. The summed E-state index contributed by atoms with van der Waals surface area (Å²) in [5.74, 6) is 0. The molecule has 0 saturated heterocycles.